The van der Waals surface area contributed by atoms with Crippen molar-refractivity contribution in [3.8, 4) is 5.75 Å². The standard InChI is InChI=1S/C25H34N2O3/c1-30-24-14-8-11-21(17-24)25(29)26-18-23(28)19-27(22-12-6-3-7-13-22)16-15-20-9-4-2-5-10-20/h2,4-5,8-11,14,17,22-23,28H,3,6-7,12-13,15-16,18-19H2,1H3,(H,26,29). The van der Waals surface area contributed by atoms with Crippen LogP contribution in [0, 0.1) is 0 Å². The maximum absolute atomic E-state index is 12.4. The minimum Gasteiger partial charge on any atom is -0.497 e. The molecule has 1 amide bonds. The largest absolute Gasteiger partial charge is 0.497 e. The first kappa shape index (κ1) is 22.3. The number of amides is 1. The molecule has 30 heavy (non-hydrogen) atoms. The molecule has 0 aliphatic heterocycles. The minimum atomic E-state index is -0.600. The first-order valence-electron chi connectivity index (χ1n) is 11.0. The number of carbonyl (C=O) groups excluding carboxylic acids is 1. The van der Waals surface area contributed by atoms with Crippen molar-refractivity contribution in [1.82, 2.24) is 10.2 Å². The van der Waals surface area contributed by atoms with E-state index in [1.165, 1.54) is 37.7 Å². The molecule has 5 nitrogen and oxygen atoms in total. The van der Waals surface area contributed by atoms with Gasteiger partial charge in [0.25, 0.3) is 5.91 Å². The highest BCUT2D eigenvalue weighted by atomic mass is 16.5. The summed E-state index contributed by atoms with van der Waals surface area (Å²) in [7, 11) is 1.58. The third-order valence-electron chi connectivity index (χ3n) is 5.90. The molecule has 0 saturated heterocycles. The van der Waals surface area contributed by atoms with Gasteiger partial charge >= 0.3 is 0 Å². The third-order valence-corrected chi connectivity index (χ3v) is 5.90. The van der Waals surface area contributed by atoms with Crippen molar-refractivity contribution >= 4 is 5.91 Å². The van der Waals surface area contributed by atoms with Gasteiger partial charge in [-0.25, -0.2) is 0 Å². The van der Waals surface area contributed by atoms with Gasteiger partial charge in [-0.15, -0.1) is 0 Å². The number of aliphatic hydroxyl groups excluding tert-OH is 1. The van der Waals surface area contributed by atoms with Crippen LogP contribution < -0.4 is 10.1 Å². The number of ether oxygens (including phenoxy) is 1. The van der Waals surface area contributed by atoms with Crippen LogP contribution in [0.5, 0.6) is 5.75 Å². The number of rotatable bonds is 10. The molecular formula is C25H34N2O3. The SMILES string of the molecule is COc1cccc(C(=O)NCC(O)CN(CCc2ccccc2)C2CCCCC2)c1. The van der Waals surface area contributed by atoms with Crippen LogP contribution in [0.25, 0.3) is 0 Å². The number of nitrogens with zero attached hydrogens (tertiary/aromatic N) is 1. The quantitative estimate of drug-likeness (QED) is 0.627. The van der Waals surface area contributed by atoms with Crippen LogP contribution in [0.4, 0.5) is 0 Å². The molecular weight excluding hydrogens is 376 g/mol. The Bertz CT molecular complexity index is 775. The van der Waals surface area contributed by atoms with E-state index in [4.69, 9.17) is 4.74 Å². The highest BCUT2D eigenvalue weighted by Crippen LogP contribution is 2.23. The predicted octanol–water partition coefficient (Wildman–Crippen LogP) is 3.66. The van der Waals surface area contributed by atoms with Crippen molar-refractivity contribution in [3.05, 3.63) is 65.7 Å². The van der Waals surface area contributed by atoms with E-state index < -0.39 is 6.10 Å². The summed E-state index contributed by atoms with van der Waals surface area (Å²) in [5.41, 5.74) is 1.86. The van der Waals surface area contributed by atoms with Crippen LogP contribution in [0.15, 0.2) is 54.6 Å². The lowest BCUT2D eigenvalue weighted by molar-refractivity contribution is 0.0687. The van der Waals surface area contributed by atoms with Crippen molar-refractivity contribution in [2.24, 2.45) is 0 Å². The number of nitrogens with one attached hydrogen (secondary N) is 1. The molecule has 5 heteroatoms. The Labute approximate surface area is 180 Å². The van der Waals surface area contributed by atoms with Gasteiger partial charge < -0.3 is 15.2 Å². The van der Waals surface area contributed by atoms with Gasteiger partial charge in [0.15, 0.2) is 0 Å². The fraction of sp³-hybridized carbons (Fsp3) is 0.480. The predicted molar refractivity (Wildman–Crippen MR) is 120 cm³/mol. The molecule has 0 spiro atoms. The molecule has 1 aliphatic rings. The molecule has 1 unspecified atom stereocenters. The van der Waals surface area contributed by atoms with Gasteiger partial charge in [-0.3, -0.25) is 9.69 Å². The summed E-state index contributed by atoms with van der Waals surface area (Å²) in [6.07, 6.45) is 6.58. The Balaban J connectivity index is 1.53. The molecule has 2 aromatic rings. The molecule has 3 rings (SSSR count). The molecule has 1 aliphatic carbocycles. The Morgan fingerprint density at radius 1 is 1.13 bits per heavy atom. The van der Waals surface area contributed by atoms with E-state index in [0.717, 1.165) is 13.0 Å². The highest BCUT2D eigenvalue weighted by Gasteiger charge is 2.23. The van der Waals surface area contributed by atoms with Crippen molar-refractivity contribution < 1.29 is 14.6 Å². The van der Waals surface area contributed by atoms with Gasteiger partial charge in [0, 0.05) is 31.2 Å². The summed E-state index contributed by atoms with van der Waals surface area (Å²) in [6, 6.07) is 18.1. The van der Waals surface area contributed by atoms with Crippen LogP contribution >= 0.6 is 0 Å². The number of aliphatic hydroxyl groups is 1. The normalized spacial score (nSPS) is 15.7. The second-order valence-corrected chi connectivity index (χ2v) is 8.12. The topological polar surface area (TPSA) is 61.8 Å². The van der Waals surface area contributed by atoms with E-state index in [1.807, 2.05) is 6.07 Å². The zero-order valence-electron chi connectivity index (χ0n) is 17.9. The van der Waals surface area contributed by atoms with Crippen molar-refractivity contribution in [2.45, 2.75) is 50.7 Å². The van der Waals surface area contributed by atoms with E-state index in [9.17, 15) is 9.90 Å². The van der Waals surface area contributed by atoms with E-state index in [-0.39, 0.29) is 12.5 Å². The van der Waals surface area contributed by atoms with Crippen molar-refractivity contribution in [1.29, 1.82) is 0 Å². The monoisotopic (exact) mass is 410 g/mol. The Kier molecular flexibility index (Phi) is 8.72. The zero-order chi connectivity index (χ0) is 21.2. The fourth-order valence-corrected chi connectivity index (χ4v) is 4.20. The molecule has 0 radical (unpaired) electrons. The molecule has 1 saturated carbocycles. The van der Waals surface area contributed by atoms with Gasteiger partial charge in [0.1, 0.15) is 5.75 Å². The average Bonchev–Trinajstić information content (AvgIpc) is 2.81. The second kappa shape index (κ2) is 11.7. The van der Waals surface area contributed by atoms with Crippen molar-refractivity contribution in [3.63, 3.8) is 0 Å². The summed E-state index contributed by atoms with van der Waals surface area (Å²) in [6.45, 7) is 1.75. The first-order chi connectivity index (χ1) is 14.7. The number of hydrogen-bond donors (Lipinski definition) is 2. The maximum atomic E-state index is 12.4. The van der Waals surface area contributed by atoms with Crippen LogP contribution in [-0.2, 0) is 6.42 Å². The number of methoxy groups -OCH3 is 1. The lowest BCUT2D eigenvalue weighted by atomic mass is 9.93. The summed E-state index contributed by atoms with van der Waals surface area (Å²) in [5.74, 6) is 0.453. The summed E-state index contributed by atoms with van der Waals surface area (Å²) >= 11 is 0. The number of hydrogen-bond acceptors (Lipinski definition) is 4. The van der Waals surface area contributed by atoms with Crippen molar-refractivity contribution in [2.75, 3.05) is 26.7 Å². The molecule has 0 aromatic heterocycles. The maximum Gasteiger partial charge on any atom is 0.251 e. The van der Waals surface area contributed by atoms with Crippen LogP contribution in [0.2, 0.25) is 0 Å². The molecule has 162 valence electrons. The van der Waals surface area contributed by atoms with Crippen LogP contribution in [-0.4, -0.2) is 54.8 Å². The smallest absolute Gasteiger partial charge is 0.251 e. The van der Waals surface area contributed by atoms with Crippen LogP contribution in [0.3, 0.4) is 0 Å². The molecule has 0 bridgehead atoms. The molecule has 2 aromatic carbocycles. The van der Waals surface area contributed by atoms with Gasteiger partial charge in [0.05, 0.1) is 13.2 Å². The van der Waals surface area contributed by atoms with E-state index >= 15 is 0 Å². The Hall–Kier alpha value is -2.37. The van der Waals surface area contributed by atoms with Gasteiger partial charge in [-0.2, -0.15) is 0 Å². The summed E-state index contributed by atoms with van der Waals surface area (Å²) in [5, 5.41) is 13.5. The van der Waals surface area contributed by atoms with Gasteiger partial charge in [-0.05, 0) is 43.0 Å². The van der Waals surface area contributed by atoms with E-state index in [0.29, 0.717) is 23.9 Å². The lowest BCUT2D eigenvalue weighted by Gasteiger charge is -2.35. The number of carbonyl (C=O) groups is 1. The average molecular weight is 411 g/mol. The zero-order valence-corrected chi connectivity index (χ0v) is 17.9. The minimum absolute atomic E-state index is 0.193. The highest BCUT2D eigenvalue weighted by molar-refractivity contribution is 5.94. The van der Waals surface area contributed by atoms with E-state index in [2.05, 4.69) is 34.5 Å². The third kappa shape index (κ3) is 6.85. The summed E-state index contributed by atoms with van der Waals surface area (Å²) in [4.78, 5) is 14.8. The Morgan fingerprint density at radius 3 is 2.63 bits per heavy atom. The van der Waals surface area contributed by atoms with E-state index in [1.54, 1.807) is 31.4 Å². The summed E-state index contributed by atoms with van der Waals surface area (Å²) < 4.78 is 5.18. The molecule has 1 fully saturated rings. The van der Waals surface area contributed by atoms with Gasteiger partial charge in [-0.1, -0.05) is 55.7 Å². The second-order valence-electron chi connectivity index (χ2n) is 8.12. The fourth-order valence-electron chi connectivity index (χ4n) is 4.20. The molecule has 0 heterocycles. The Morgan fingerprint density at radius 2 is 1.90 bits per heavy atom. The van der Waals surface area contributed by atoms with Crippen LogP contribution in [0.1, 0.15) is 48.0 Å². The molecule has 2 N–H and O–H groups in total. The van der Waals surface area contributed by atoms with Gasteiger partial charge in [0.2, 0.25) is 0 Å². The number of benzene rings is 2. The first-order valence-corrected chi connectivity index (χ1v) is 11.0. The lowest BCUT2D eigenvalue weighted by Crippen LogP contribution is -2.46. The molecule has 1 atom stereocenters.